The van der Waals surface area contributed by atoms with E-state index < -0.39 is 0 Å². The van der Waals surface area contributed by atoms with E-state index in [-0.39, 0.29) is 5.84 Å². The Morgan fingerprint density at radius 1 is 1.10 bits per heavy atom. The summed E-state index contributed by atoms with van der Waals surface area (Å²) >= 11 is 0. The van der Waals surface area contributed by atoms with E-state index in [0.717, 1.165) is 18.7 Å². The molecule has 0 atom stereocenters. The number of benzene rings is 2. The zero-order valence-electron chi connectivity index (χ0n) is 13.0. The predicted molar refractivity (Wildman–Crippen MR) is 90.1 cm³/mol. The molecule has 0 spiro atoms. The minimum atomic E-state index is 0.121. The maximum atomic E-state index is 7.50. The SMILES string of the molecule is CCN(Cc1ccc(C(=N)N)cc1C)c1ccc(C)cc1. The van der Waals surface area contributed by atoms with Gasteiger partial charge in [0.1, 0.15) is 5.84 Å². The average molecular weight is 281 g/mol. The van der Waals surface area contributed by atoms with Crippen LogP contribution in [0.1, 0.15) is 29.2 Å². The monoisotopic (exact) mass is 281 g/mol. The van der Waals surface area contributed by atoms with E-state index in [0.29, 0.717) is 0 Å². The molecule has 3 nitrogen and oxygen atoms in total. The number of hydrogen-bond acceptors (Lipinski definition) is 2. The van der Waals surface area contributed by atoms with E-state index >= 15 is 0 Å². The van der Waals surface area contributed by atoms with Crippen LogP contribution in [0.2, 0.25) is 0 Å². The molecule has 3 N–H and O–H groups in total. The third-order valence-electron chi connectivity index (χ3n) is 3.80. The predicted octanol–water partition coefficient (Wildman–Crippen LogP) is 3.61. The van der Waals surface area contributed by atoms with E-state index in [1.807, 2.05) is 12.1 Å². The van der Waals surface area contributed by atoms with Crippen molar-refractivity contribution in [2.45, 2.75) is 27.3 Å². The quantitative estimate of drug-likeness (QED) is 0.649. The van der Waals surface area contributed by atoms with Crippen LogP contribution in [0.4, 0.5) is 5.69 Å². The highest BCUT2D eigenvalue weighted by Gasteiger charge is 2.08. The summed E-state index contributed by atoms with van der Waals surface area (Å²) in [4.78, 5) is 2.34. The number of aryl methyl sites for hydroxylation is 2. The minimum absolute atomic E-state index is 0.121. The van der Waals surface area contributed by atoms with Gasteiger partial charge in [0.05, 0.1) is 0 Å². The summed E-state index contributed by atoms with van der Waals surface area (Å²) in [5.41, 5.74) is 11.3. The fourth-order valence-corrected chi connectivity index (χ4v) is 2.39. The van der Waals surface area contributed by atoms with Crippen molar-refractivity contribution >= 4 is 11.5 Å². The highest BCUT2D eigenvalue weighted by atomic mass is 15.1. The largest absolute Gasteiger partial charge is 0.384 e. The topological polar surface area (TPSA) is 53.1 Å². The molecular weight excluding hydrogens is 258 g/mol. The first-order valence-corrected chi connectivity index (χ1v) is 7.26. The van der Waals surface area contributed by atoms with E-state index in [4.69, 9.17) is 11.1 Å². The maximum absolute atomic E-state index is 7.50. The van der Waals surface area contributed by atoms with Gasteiger partial charge in [0, 0.05) is 24.3 Å². The summed E-state index contributed by atoms with van der Waals surface area (Å²) in [6.45, 7) is 8.16. The molecule has 2 rings (SSSR count). The third-order valence-corrected chi connectivity index (χ3v) is 3.80. The molecule has 0 saturated heterocycles. The summed E-state index contributed by atoms with van der Waals surface area (Å²) in [6, 6.07) is 14.6. The lowest BCUT2D eigenvalue weighted by Crippen LogP contribution is -2.22. The maximum Gasteiger partial charge on any atom is 0.122 e. The number of nitrogens with zero attached hydrogens (tertiary/aromatic N) is 1. The van der Waals surface area contributed by atoms with Gasteiger partial charge in [-0.25, -0.2) is 0 Å². The standard InChI is InChI=1S/C18H23N3/c1-4-21(17-9-5-13(2)6-10-17)12-16-8-7-15(18(19)20)11-14(16)3/h5-11H,4,12H2,1-3H3,(H3,19,20). The van der Waals surface area contributed by atoms with Gasteiger partial charge in [0.15, 0.2) is 0 Å². The number of anilines is 1. The second kappa shape index (κ2) is 6.44. The molecule has 0 saturated carbocycles. The molecule has 0 aromatic heterocycles. The lowest BCUT2D eigenvalue weighted by atomic mass is 10.0. The normalized spacial score (nSPS) is 10.4. The fraction of sp³-hybridized carbons (Fsp3) is 0.278. The van der Waals surface area contributed by atoms with Gasteiger partial charge < -0.3 is 10.6 Å². The van der Waals surface area contributed by atoms with E-state index in [2.05, 4.69) is 56.0 Å². The lowest BCUT2D eigenvalue weighted by molar-refractivity contribution is 0.827. The first-order valence-electron chi connectivity index (χ1n) is 7.26. The molecule has 110 valence electrons. The summed E-state index contributed by atoms with van der Waals surface area (Å²) in [5, 5.41) is 7.50. The average Bonchev–Trinajstić information content (AvgIpc) is 2.47. The number of nitrogens with two attached hydrogens (primary N) is 1. The molecule has 0 radical (unpaired) electrons. The van der Waals surface area contributed by atoms with Gasteiger partial charge in [-0.1, -0.05) is 29.8 Å². The summed E-state index contributed by atoms with van der Waals surface area (Å²) in [5.74, 6) is 0.121. The smallest absolute Gasteiger partial charge is 0.122 e. The Labute approximate surface area is 126 Å². The Balaban J connectivity index is 2.22. The van der Waals surface area contributed by atoms with Crippen LogP contribution in [0.15, 0.2) is 42.5 Å². The molecule has 3 heteroatoms. The van der Waals surface area contributed by atoms with Crippen LogP contribution in [-0.4, -0.2) is 12.4 Å². The zero-order valence-corrected chi connectivity index (χ0v) is 13.0. The highest BCUT2D eigenvalue weighted by molar-refractivity contribution is 5.95. The van der Waals surface area contributed by atoms with Gasteiger partial charge in [0.2, 0.25) is 0 Å². The molecule has 0 heterocycles. The third kappa shape index (κ3) is 3.63. The molecule has 21 heavy (non-hydrogen) atoms. The minimum Gasteiger partial charge on any atom is -0.384 e. The Morgan fingerprint density at radius 3 is 2.29 bits per heavy atom. The van der Waals surface area contributed by atoms with Crippen molar-refractivity contribution in [2.75, 3.05) is 11.4 Å². The van der Waals surface area contributed by atoms with Crippen LogP contribution in [0.3, 0.4) is 0 Å². The second-order valence-electron chi connectivity index (χ2n) is 5.40. The second-order valence-corrected chi connectivity index (χ2v) is 5.40. The van der Waals surface area contributed by atoms with Gasteiger partial charge in [-0.15, -0.1) is 0 Å². The van der Waals surface area contributed by atoms with Crippen molar-refractivity contribution in [3.63, 3.8) is 0 Å². The van der Waals surface area contributed by atoms with Crippen LogP contribution in [0.25, 0.3) is 0 Å². The van der Waals surface area contributed by atoms with Crippen molar-refractivity contribution < 1.29 is 0 Å². The Hall–Kier alpha value is -2.29. The van der Waals surface area contributed by atoms with Gasteiger partial charge in [0.25, 0.3) is 0 Å². The lowest BCUT2D eigenvalue weighted by Gasteiger charge is -2.24. The van der Waals surface area contributed by atoms with Crippen LogP contribution >= 0.6 is 0 Å². The molecule has 0 aliphatic rings. The number of hydrogen-bond donors (Lipinski definition) is 2. The molecular formula is C18H23N3. The van der Waals surface area contributed by atoms with Gasteiger partial charge in [-0.05, 0) is 50.1 Å². The highest BCUT2D eigenvalue weighted by Crippen LogP contribution is 2.20. The first kappa shape index (κ1) is 15.1. The van der Waals surface area contributed by atoms with Crippen LogP contribution in [0, 0.1) is 19.3 Å². The van der Waals surface area contributed by atoms with Crippen molar-refractivity contribution in [2.24, 2.45) is 5.73 Å². The first-order chi connectivity index (χ1) is 10.0. The van der Waals surface area contributed by atoms with Crippen molar-refractivity contribution in [1.29, 1.82) is 5.41 Å². The molecule has 0 aliphatic carbocycles. The van der Waals surface area contributed by atoms with Crippen LogP contribution in [0.5, 0.6) is 0 Å². The van der Waals surface area contributed by atoms with Crippen LogP contribution < -0.4 is 10.6 Å². The van der Waals surface area contributed by atoms with Gasteiger partial charge in [-0.2, -0.15) is 0 Å². The summed E-state index contributed by atoms with van der Waals surface area (Å²) in [7, 11) is 0. The van der Waals surface area contributed by atoms with Crippen molar-refractivity contribution in [1.82, 2.24) is 0 Å². The van der Waals surface area contributed by atoms with Gasteiger partial charge in [-0.3, -0.25) is 5.41 Å². The molecule has 2 aromatic carbocycles. The van der Waals surface area contributed by atoms with Crippen molar-refractivity contribution in [3.05, 3.63) is 64.7 Å². The van der Waals surface area contributed by atoms with Gasteiger partial charge >= 0.3 is 0 Å². The fourth-order valence-electron chi connectivity index (χ4n) is 2.39. The Kier molecular flexibility index (Phi) is 4.63. The molecule has 0 aliphatic heterocycles. The number of nitrogen functional groups attached to an aromatic ring is 1. The number of amidine groups is 1. The Bertz CT molecular complexity index is 629. The molecule has 0 unspecified atom stereocenters. The van der Waals surface area contributed by atoms with E-state index in [1.54, 1.807) is 0 Å². The molecule has 2 aromatic rings. The van der Waals surface area contributed by atoms with Crippen molar-refractivity contribution in [3.8, 4) is 0 Å². The van der Waals surface area contributed by atoms with E-state index in [1.165, 1.54) is 22.4 Å². The summed E-state index contributed by atoms with van der Waals surface area (Å²) < 4.78 is 0. The van der Waals surface area contributed by atoms with Crippen LogP contribution in [-0.2, 0) is 6.54 Å². The molecule has 0 amide bonds. The summed E-state index contributed by atoms with van der Waals surface area (Å²) in [6.07, 6.45) is 0. The van der Waals surface area contributed by atoms with E-state index in [9.17, 15) is 0 Å². The molecule has 0 fully saturated rings. The Morgan fingerprint density at radius 2 is 1.76 bits per heavy atom. The number of nitrogens with one attached hydrogen (secondary N) is 1. The molecule has 0 bridgehead atoms. The zero-order chi connectivity index (χ0) is 15.4. The number of rotatable bonds is 5.